The van der Waals surface area contributed by atoms with Crippen LogP contribution in [0.2, 0.25) is 0 Å². The van der Waals surface area contributed by atoms with Crippen molar-refractivity contribution in [1.29, 1.82) is 0 Å². The maximum Gasteiger partial charge on any atom is 0.222 e. The summed E-state index contributed by atoms with van der Waals surface area (Å²) < 4.78 is 0. The van der Waals surface area contributed by atoms with E-state index in [2.05, 4.69) is 28.3 Å². The van der Waals surface area contributed by atoms with Crippen LogP contribution in [0.1, 0.15) is 49.4 Å². The van der Waals surface area contributed by atoms with Crippen LogP contribution in [0.5, 0.6) is 0 Å². The first-order valence-electron chi connectivity index (χ1n) is 10.0. The Morgan fingerprint density at radius 3 is 3.19 bits per heavy atom. The van der Waals surface area contributed by atoms with Gasteiger partial charge in [0.25, 0.3) is 0 Å². The molecule has 6 heteroatoms. The van der Waals surface area contributed by atoms with E-state index in [9.17, 15) is 4.79 Å². The number of piperazine rings is 1. The molecular weight excluding hydrogens is 326 g/mol. The van der Waals surface area contributed by atoms with Crippen molar-refractivity contribution in [1.82, 2.24) is 20.1 Å². The topological polar surface area (TPSA) is 74.5 Å². The molecule has 0 saturated carbocycles. The van der Waals surface area contributed by atoms with E-state index in [4.69, 9.17) is 5.73 Å². The lowest BCUT2D eigenvalue weighted by Gasteiger charge is -2.39. The van der Waals surface area contributed by atoms with Gasteiger partial charge >= 0.3 is 0 Å². The van der Waals surface area contributed by atoms with Crippen LogP contribution in [0, 0.1) is 0 Å². The average Bonchev–Trinajstić information content (AvgIpc) is 2.68. The van der Waals surface area contributed by atoms with Gasteiger partial charge in [0, 0.05) is 44.8 Å². The van der Waals surface area contributed by atoms with Crippen molar-refractivity contribution in [3.63, 3.8) is 0 Å². The van der Waals surface area contributed by atoms with Crippen LogP contribution >= 0.6 is 0 Å². The number of pyridine rings is 1. The third-order valence-electron chi connectivity index (χ3n) is 5.66. The van der Waals surface area contributed by atoms with Crippen molar-refractivity contribution < 1.29 is 4.79 Å². The first kappa shape index (κ1) is 19.3. The molecule has 0 aromatic carbocycles. The van der Waals surface area contributed by atoms with E-state index in [-0.39, 0.29) is 5.91 Å². The summed E-state index contributed by atoms with van der Waals surface area (Å²) in [6.45, 7) is 4.09. The van der Waals surface area contributed by atoms with Crippen molar-refractivity contribution in [2.45, 2.75) is 50.6 Å². The van der Waals surface area contributed by atoms with Crippen LogP contribution in [-0.2, 0) is 11.2 Å². The monoisotopic (exact) mass is 359 g/mol. The van der Waals surface area contributed by atoms with Crippen molar-refractivity contribution in [2.24, 2.45) is 5.73 Å². The van der Waals surface area contributed by atoms with Gasteiger partial charge in [0.2, 0.25) is 5.91 Å². The number of rotatable bonds is 7. The van der Waals surface area contributed by atoms with E-state index in [1.165, 1.54) is 17.7 Å². The summed E-state index contributed by atoms with van der Waals surface area (Å²) >= 11 is 0. The lowest BCUT2D eigenvalue weighted by Crippen LogP contribution is -2.56. The summed E-state index contributed by atoms with van der Waals surface area (Å²) in [6.07, 6.45) is 7.88. The van der Waals surface area contributed by atoms with E-state index >= 15 is 0 Å². The van der Waals surface area contributed by atoms with Gasteiger partial charge in [-0.1, -0.05) is 6.07 Å². The molecule has 2 heterocycles. The standard InChI is InChI=1S/C20H33N5O/c1-24(18-8-4-6-16-7-5-11-23-20(16)18)14-17-15-25(13-12-22-17)19(26)9-2-3-10-21/h5,7,11,17-18,22H,2-4,6,8-10,12-15,21H2,1H3. The van der Waals surface area contributed by atoms with E-state index < -0.39 is 0 Å². The summed E-state index contributed by atoms with van der Waals surface area (Å²) in [5, 5.41) is 3.59. The van der Waals surface area contributed by atoms with Gasteiger partial charge in [-0.15, -0.1) is 0 Å². The average molecular weight is 360 g/mol. The molecule has 1 fully saturated rings. The molecule has 6 nitrogen and oxygen atoms in total. The van der Waals surface area contributed by atoms with E-state index in [1.54, 1.807) is 0 Å². The fourth-order valence-electron chi connectivity index (χ4n) is 4.24. The minimum Gasteiger partial charge on any atom is -0.340 e. The molecular formula is C20H33N5O. The highest BCUT2D eigenvalue weighted by atomic mass is 16.2. The van der Waals surface area contributed by atoms with Crippen LogP contribution in [0.3, 0.4) is 0 Å². The zero-order valence-corrected chi connectivity index (χ0v) is 16.0. The Labute approximate surface area is 157 Å². The number of carbonyl (C=O) groups excluding carboxylic acids is 1. The predicted molar refractivity (Wildman–Crippen MR) is 104 cm³/mol. The summed E-state index contributed by atoms with van der Waals surface area (Å²) in [5.74, 6) is 0.275. The molecule has 144 valence electrons. The zero-order valence-electron chi connectivity index (χ0n) is 16.0. The molecule has 1 aliphatic heterocycles. The molecule has 1 saturated heterocycles. The molecule has 1 aromatic rings. The first-order valence-corrected chi connectivity index (χ1v) is 10.0. The Kier molecular flexibility index (Phi) is 7.00. The van der Waals surface area contributed by atoms with Gasteiger partial charge in [-0.05, 0) is 57.3 Å². The second-order valence-corrected chi connectivity index (χ2v) is 7.63. The fourth-order valence-corrected chi connectivity index (χ4v) is 4.24. The molecule has 0 spiro atoms. The minimum absolute atomic E-state index is 0.275. The number of carbonyl (C=O) groups is 1. The van der Waals surface area contributed by atoms with Gasteiger partial charge in [-0.25, -0.2) is 0 Å². The number of aryl methyl sites for hydroxylation is 1. The van der Waals surface area contributed by atoms with Crippen molar-refractivity contribution in [2.75, 3.05) is 39.8 Å². The molecule has 2 atom stereocenters. The second-order valence-electron chi connectivity index (χ2n) is 7.63. The predicted octanol–water partition coefficient (Wildman–Crippen LogP) is 1.32. The van der Waals surface area contributed by atoms with Crippen molar-refractivity contribution >= 4 is 5.91 Å². The number of nitrogens with zero attached hydrogens (tertiary/aromatic N) is 3. The molecule has 0 bridgehead atoms. The fraction of sp³-hybridized carbons (Fsp3) is 0.700. The molecule has 3 rings (SSSR count). The SMILES string of the molecule is CN(CC1CN(C(=O)CCCCN)CCN1)C1CCCc2cccnc21. The normalized spacial score (nSPS) is 23.1. The van der Waals surface area contributed by atoms with E-state index in [0.717, 1.165) is 51.9 Å². The molecule has 1 aliphatic carbocycles. The Morgan fingerprint density at radius 2 is 2.35 bits per heavy atom. The third-order valence-corrected chi connectivity index (χ3v) is 5.66. The number of nitrogens with two attached hydrogens (primary N) is 1. The molecule has 2 unspecified atom stereocenters. The summed E-state index contributed by atoms with van der Waals surface area (Å²) in [5.41, 5.74) is 8.16. The second kappa shape index (κ2) is 9.44. The number of fused-ring (bicyclic) bond motifs is 1. The van der Waals surface area contributed by atoms with Gasteiger partial charge in [0.15, 0.2) is 0 Å². The number of amides is 1. The van der Waals surface area contributed by atoms with Gasteiger partial charge < -0.3 is 16.0 Å². The molecule has 2 aliphatic rings. The molecule has 1 amide bonds. The number of hydrogen-bond donors (Lipinski definition) is 2. The Balaban J connectivity index is 1.54. The minimum atomic E-state index is 0.275. The lowest BCUT2D eigenvalue weighted by molar-refractivity contribution is -0.132. The van der Waals surface area contributed by atoms with Gasteiger partial charge in [-0.2, -0.15) is 0 Å². The highest BCUT2D eigenvalue weighted by molar-refractivity contribution is 5.76. The maximum atomic E-state index is 12.4. The Morgan fingerprint density at radius 1 is 1.46 bits per heavy atom. The number of unbranched alkanes of at least 4 members (excludes halogenated alkanes) is 1. The summed E-state index contributed by atoms with van der Waals surface area (Å²) in [6, 6.07) is 4.96. The van der Waals surface area contributed by atoms with E-state index in [1.807, 2.05) is 17.2 Å². The first-order chi connectivity index (χ1) is 12.7. The Hall–Kier alpha value is -1.50. The number of hydrogen-bond acceptors (Lipinski definition) is 5. The van der Waals surface area contributed by atoms with E-state index in [0.29, 0.717) is 25.0 Å². The summed E-state index contributed by atoms with van der Waals surface area (Å²) in [4.78, 5) is 21.5. The smallest absolute Gasteiger partial charge is 0.222 e. The third kappa shape index (κ3) is 4.81. The highest BCUT2D eigenvalue weighted by Gasteiger charge is 2.29. The maximum absolute atomic E-state index is 12.4. The molecule has 26 heavy (non-hydrogen) atoms. The van der Waals surface area contributed by atoms with Gasteiger partial charge in [0.1, 0.15) is 0 Å². The van der Waals surface area contributed by atoms with Gasteiger partial charge in [-0.3, -0.25) is 14.7 Å². The number of likely N-dealkylation sites (N-methyl/N-ethyl adjacent to an activating group) is 1. The van der Waals surface area contributed by atoms with Crippen LogP contribution in [0.4, 0.5) is 0 Å². The van der Waals surface area contributed by atoms with Crippen LogP contribution in [-0.4, -0.2) is 66.5 Å². The lowest BCUT2D eigenvalue weighted by atomic mass is 9.91. The molecule has 3 N–H and O–H groups in total. The molecule has 1 aromatic heterocycles. The highest BCUT2D eigenvalue weighted by Crippen LogP contribution is 2.31. The number of aromatic nitrogens is 1. The zero-order chi connectivity index (χ0) is 18.4. The largest absolute Gasteiger partial charge is 0.340 e. The van der Waals surface area contributed by atoms with Crippen molar-refractivity contribution in [3.8, 4) is 0 Å². The van der Waals surface area contributed by atoms with Crippen LogP contribution < -0.4 is 11.1 Å². The van der Waals surface area contributed by atoms with Crippen LogP contribution in [0.15, 0.2) is 18.3 Å². The quantitative estimate of drug-likeness (QED) is 0.718. The van der Waals surface area contributed by atoms with Crippen molar-refractivity contribution in [3.05, 3.63) is 29.6 Å². The summed E-state index contributed by atoms with van der Waals surface area (Å²) in [7, 11) is 2.19. The number of nitrogens with one attached hydrogen (secondary N) is 1. The van der Waals surface area contributed by atoms with Gasteiger partial charge in [0.05, 0.1) is 11.7 Å². The molecule has 0 radical (unpaired) electrons. The van der Waals surface area contributed by atoms with Crippen LogP contribution in [0.25, 0.3) is 0 Å². The Bertz CT molecular complexity index is 593.